The normalized spacial score (nSPS) is 13.3. The second kappa shape index (κ2) is 7.47. The van der Waals surface area contributed by atoms with E-state index in [0.717, 1.165) is 17.7 Å². The summed E-state index contributed by atoms with van der Waals surface area (Å²) in [6.45, 7) is 0.993. The summed E-state index contributed by atoms with van der Waals surface area (Å²) in [5, 5.41) is 2.78. The number of benzene rings is 2. The van der Waals surface area contributed by atoms with Crippen molar-refractivity contribution in [3.63, 3.8) is 0 Å². The first-order chi connectivity index (χ1) is 11.7. The lowest BCUT2D eigenvalue weighted by Gasteiger charge is -2.16. The molecule has 4 nitrogen and oxygen atoms in total. The van der Waals surface area contributed by atoms with Crippen LogP contribution in [0.15, 0.2) is 54.6 Å². The maximum absolute atomic E-state index is 12.2. The highest BCUT2D eigenvalue weighted by atomic mass is 16.2. The second-order valence-electron chi connectivity index (χ2n) is 5.55. The van der Waals surface area contributed by atoms with Crippen molar-refractivity contribution in [1.82, 2.24) is 5.32 Å². The van der Waals surface area contributed by atoms with Crippen LogP contribution >= 0.6 is 0 Å². The van der Waals surface area contributed by atoms with E-state index >= 15 is 0 Å². The maximum atomic E-state index is 12.2. The van der Waals surface area contributed by atoms with Crippen molar-refractivity contribution < 1.29 is 9.59 Å². The number of nitrogens with one attached hydrogen (secondary N) is 1. The van der Waals surface area contributed by atoms with E-state index in [4.69, 9.17) is 0 Å². The molecule has 0 radical (unpaired) electrons. The third-order valence-electron chi connectivity index (χ3n) is 3.84. The fraction of sp³-hybridized carbons (Fsp3) is 0.200. The molecule has 2 amide bonds. The van der Waals surface area contributed by atoms with Crippen LogP contribution in [0.25, 0.3) is 0 Å². The van der Waals surface area contributed by atoms with Crippen LogP contribution in [0.3, 0.4) is 0 Å². The van der Waals surface area contributed by atoms with Gasteiger partial charge >= 0.3 is 0 Å². The van der Waals surface area contributed by atoms with E-state index in [1.54, 1.807) is 23.1 Å². The van der Waals surface area contributed by atoms with Gasteiger partial charge < -0.3 is 10.2 Å². The zero-order chi connectivity index (χ0) is 16.8. The molecule has 0 atom stereocenters. The lowest BCUT2D eigenvalue weighted by molar-refractivity contribution is -0.117. The van der Waals surface area contributed by atoms with Crippen LogP contribution in [0.1, 0.15) is 28.8 Å². The van der Waals surface area contributed by atoms with Crippen LogP contribution in [0.2, 0.25) is 0 Å². The molecule has 1 N–H and O–H groups in total. The molecule has 1 aliphatic heterocycles. The fourth-order valence-electron chi connectivity index (χ4n) is 2.63. The molecule has 3 rings (SSSR count). The minimum atomic E-state index is -0.189. The number of carbonyl (C=O) groups excluding carboxylic acids is 2. The Balaban J connectivity index is 1.61. The summed E-state index contributed by atoms with van der Waals surface area (Å²) in [6.07, 6.45) is 1.44. The number of anilines is 1. The number of hydrogen-bond donors (Lipinski definition) is 1. The van der Waals surface area contributed by atoms with Gasteiger partial charge in [0.15, 0.2) is 0 Å². The molecule has 1 fully saturated rings. The Bertz CT molecular complexity index is 803. The Labute approximate surface area is 141 Å². The van der Waals surface area contributed by atoms with Gasteiger partial charge in [-0.3, -0.25) is 9.59 Å². The SMILES string of the molecule is O=C(NCC#Cc1ccccc1)c1cccc(N2CCCC2=O)c1. The zero-order valence-corrected chi connectivity index (χ0v) is 13.3. The first-order valence-corrected chi connectivity index (χ1v) is 7.96. The van der Waals surface area contributed by atoms with Gasteiger partial charge in [0.1, 0.15) is 0 Å². The molecule has 0 unspecified atom stereocenters. The molecule has 120 valence electrons. The summed E-state index contributed by atoms with van der Waals surface area (Å²) >= 11 is 0. The van der Waals surface area contributed by atoms with Crippen LogP contribution in [0.5, 0.6) is 0 Å². The van der Waals surface area contributed by atoms with Gasteiger partial charge in [-0.15, -0.1) is 0 Å². The minimum absolute atomic E-state index is 0.112. The molecule has 24 heavy (non-hydrogen) atoms. The van der Waals surface area contributed by atoms with E-state index in [1.165, 1.54) is 0 Å². The minimum Gasteiger partial charge on any atom is -0.341 e. The van der Waals surface area contributed by atoms with Crippen LogP contribution in [0, 0.1) is 11.8 Å². The summed E-state index contributed by atoms with van der Waals surface area (Å²) in [5.74, 6) is 5.85. The number of carbonyl (C=O) groups is 2. The van der Waals surface area contributed by atoms with Crippen LogP contribution in [-0.2, 0) is 4.79 Å². The zero-order valence-electron chi connectivity index (χ0n) is 13.3. The largest absolute Gasteiger partial charge is 0.341 e. The standard InChI is InChI=1S/C20H18N2O2/c23-19-12-6-14-22(19)18-11-4-10-17(15-18)20(24)21-13-5-9-16-7-2-1-3-8-16/h1-4,7-8,10-11,15H,6,12-14H2,(H,21,24). The summed E-state index contributed by atoms with van der Waals surface area (Å²) < 4.78 is 0. The van der Waals surface area contributed by atoms with Gasteiger partial charge in [0.2, 0.25) is 5.91 Å². The first kappa shape index (κ1) is 15.8. The summed E-state index contributed by atoms with van der Waals surface area (Å²) in [6, 6.07) is 16.8. The van der Waals surface area contributed by atoms with E-state index < -0.39 is 0 Å². The summed E-state index contributed by atoms with van der Waals surface area (Å²) in [5.41, 5.74) is 2.23. The molecule has 2 aromatic carbocycles. The molecule has 1 heterocycles. The molecule has 0 bridgehead atoms. The highest BCUT2D eigenvalue weighted by Gasteiger charge is 2.22. The molecule has 1 aliphatic rings. The molecule has 0 spiro atoms. The fourth-order valence-corrected chi connectivity index (χ4v) is 2.63. The van der Waals surface area contributed by atoms with Gasteiger partial charge in [0, 0.05) is 29.8 Å². The first-order valence-electron chi connectivity index (χ1n) is 7.96. The van der Waals surface area contributed by atoms with Gasteiger partial charge in [-0.1, -0.05) is 36.1 Å². The molecule has 4 heteroatoms. The maximum Gasteiger partial charge on any atom is 0.252 e. The Kier molecular flexibility index (Phi) is 4.93. The number of nitrogens with zero attached hydrogens (tertiary/aromatic N) is 1. The molecule has 0 aromatic heterocycles. The van der Waals surface area contributed by atoms with Crippen molar-refractivity contribution in [3.05, 3.63) is 65.7 Å². The molecule has 0 aliphatic carbocycles. The lowest BCUT2D eigenvalue weighted by atomic mass is 10.1. The van der Waals surface area contributed by atoms with Crippen molar-refractivity contribution in [2.45, 2.75) is 12.8 Å². The predicted octanol–water partition coefficient (Wildman–Crippen LogP) is 2.59. The van der Waals surface area contributed by atoms with Gasteiger partial charge in [-0.25, -0.2) is 0 Å². The Morgan fingerprint density at radius 3 is 2.71 bits per heavy atom. The quantitative estimate of drug-likeness (QED) is 0.884. The molecule has 1 saturated heterocycles. The van der Waals surface area contributed by atoms with E-state index in [9.17, 15) is 9.59 Å². The van der Waals surface area contributed by atoms with E-state index in [1.807, 2.05) is 36.4 Å². The van der Waals surface area contributed by atoms with Crippen molar-refractivity contribution in [2.75, 3.05) is 18.0 Å². The van der Waals surface area contributed by atoms with Crippen LogP contribution < -0.4 is 10.2 Å². The average molecular weight is 318 g/mol. The average Bonchev–Trinajstić information content (AvgIpc) is 3.05. The second-order valence-corrected chi connectivity index (χ2v) is 5.55. The van der Waals surface area contributed by atoms with E-state index in [2.05, 4.69) is 17.2 Å². The lowest BCUT2D eigenvalue weighted by Crippen LogP contribution is -2.26. The molecule has 2 aromatic rings. The van der Waals surface area contributed by atoms with E-state index in [0.29, 0.717) is 18.5 Å². The Hall–Kier alpha value is -3.06. The van der Waals surface area contributed by atoms with Gasteiger partial charge in [-0.2, -0.15) is 0 Å². The number of hydrogen-bond acceptors (Lipinski definition) is 2. The van der Waals surface area contributed by atoms with Crippen molar-refractivity contribution in [2.24, 2.45) is 0 Å². The molecular weight excluding hydrogens is 300 g/mol. The highest BCUT2D eigenvalue weighted by molar-refractivity contribution is 5.99. The Morgan fingerprint density at radius 1 is 1.12 bits per heavy atom. The summed E-state index contributed by atoms with van der Waals surface area (Å²) in [7, 11) is 0. The summed E-state index contributed by atoms with van der Waals surface area (Å²) in [4.78, 5) is 25.8. The third kappa shape index (κ3) is 3.82. The van der Waals surface area contributed by atoms with Crippen molar-refractivity contribution in [3.8, 4) is 11.8 Å². The van der Waals surface area contributed by atoms with Gasteiger partial charge in [0.05, 0.1) is 6.54 Å². The topological polar surface area (TPSA) is 49.4 Å². The Morgan fingerprint density at radius 2 is 1.96 bits per heavy atom. The molecular formula is C20H18N2O2. The monoisotopic (exact) mass is 318 g/mol. The number of rotatable bonds is 3. The van der Waals surface area contributed by atoms with Crippen LogP contribution in [-0.4, -0.2) is 24.9 Å². The van der Waals surface area contributed by atoms with Crippen molar-refractivity contribution >= 4 is 17.5 Å². The smallest absolute Gasteiger partial charge is 0.252 e. The number of amides is 2. The van der Waals surface area contributed by atoms with Crippen LogP contribution in [0.4, 0.5) is 5.69 Å². The van der Waals surface area contributed by atoms with Gasteiger partial charge in [0.25, 0.3) is 5.91 Å². The predicted molar refractivity (Wildman–Crippen MR) is 93.7 cm³/mol. The van der Waals surface area contributed by atoms with Crippen molar-refractivity contribution in [1.29, 1.82) is 0 Å². The van der Waals surface area contributed by atoms with E-state index in [-0.39, 0.29) is 18.4 Å². The third-order valence-corrected chi connectivity index (χ3v) is 3.84. The highest BCUT2D eigenvalue weighted by Crippen LogP contribution is 2.22. The molecule has 0 saturated carbocycles. The van der Waals surface area contributed by atoms with Gasteiger partial charge in [-0.05, 0) is 36.8 Å².